The third kappa shape index (κ3) is 12.5. The van der Waals surface area contributed by atoms with Crippen molar-refractivity contribution < 1.29 is 44.6 Å². The Morgan fingerprint density at radius 3 is 1.64 bits per heavy atom. The zero-order valence-corrected chi connectivity index (χ0v) is 14.6. The molecule has 0 saturated heterocycles. The topological polar surface area (TPSA) is 150 Å². The predicted molar refractivity (Wildman–Crippen MR) is 75.1 cm³/mol. The van der Waals surface area contributed by atoms with Crippen molar-refractivity contribution in [3.63, 3.8) is 0 Å². The van der Waals surface area contributed by atoms with Crippen molar-refractivity contribution in [3.8, 4) is 0 Å². The summed E-state index contributed by atoms with van der Waals surface area (Å²) >= 11 is 0. The van der Waals surface area contributed by atoms with Crippen molar-refractivity contribution in [1.82, 2.24) is 0 Å². The zero-order chi connectivity index (χ0) is 18.4. The van der Waals surface area contributed by atoms with Gasteiger partial charge >= 0.3 is 11.9 Å². The largest absolute Gasteiger partial charge is 0.479 e. The number of carboxylic acids is 1. The number of carboxylic acid groups (broad SMARTS) is 1. The second-order valence-electron chi connectivity index (χ2n) is 4.57. The molecule has 0 aliphatic rings. The summed E-state index contributed by atoms with van der Waals surface area (Å²) < 4.78 is 54.6. The lowest BCUT2D eigenvalue weighted by Gasteiger charge is -2.17. The van der Waals surface area contributed by atoms with Crippen LogP contribution >= 0.6 is 0 Å². The number of methoxy groups -OCH3 is 1. The van der Waals surface area contributed by atoms with Crippen LogP contribution < -0.4 is 0 Å². The van der Waals surface area contributed by atoms with Crippen molar-refractivity contribution in [3.05, 3.63) is 0 Å². The minimum absolute atomic E-state index is 0.713. The van der Waals surface area contributed by atoms with Crippen molar-refractivity contribution in [2.24, 2.45) is 0 Å². The van der Waals surface area contributed by atoms with Gasteiger partial charge in [0.15, 0.2) is 11.7 Å². The number of ether oxygens (including phenoxy) is 1. The first-order valence-corrected chi connectivity index (χ1v) is 9.25. The summed E-state index contributed by atoms with van der Waals surface area (Å²) in [5.74, 6) is -2.03. The fraction of sp³-hybridized carbons (Fsp3) is 0.800. The van der Waals surface area contributed by atoms with E-state index >= 15 is 0 Å². The lowest BCUT2D eigenvalue weighted by molar-refractivity contribution is -0.151. The van der Waals surface area contributed by atoms with Crippen LogP contribution in [-0.4, -0.2) is 65.2 Å². The van der Waals surface area contributed by atoms with Gasteiger partial charge in [0.2, 0.25) is 0 Å². The van der Waals surface area contributed by atoms with Crippen LogP contribution in [0, 0.1) is 0 Å². The number of carbonyl (C=O) groups is 2. The van der Waals surface area contributed by atoms with E-state index in [1.165, 1.54) is 6.92 Å². The van der Waals surface area contributed by atoms with E-state index in [1.807, 2.05) is 0 Å². The second-order valence-corrected chi connectivity index (χ2v) is 7.74. The second kappa shape index (κ2) is 8.41. The van der Waals surface area contributed by atoms with E-state index in [9.17, 15) is 26.4 Å². The maximum Gasteiger partial charge on any atom is 0.336 e. The van der Waals surface area contributed by atoms with Crippen LogP contribution in [0.2, 0.25) is 0 Å². The smallest absolute Gasteiger partial charge is 0.336 e. The number of esters is 1. The standard InChI is InChI=1S/2C5H10O5S/c1-5(2,4(6)7)10-11(3,8)9;1-4(5(6)9-2)10-11(3,7)8/h1-3H3,(H,6,7);4H,1-3H3/t;4-/m.0/s1. The van der Waals surface area contributed by atoms with Gasteiger partial charge in [0.25, 0.3) is 20.2 Å². The quantitative estimate of drug-likeness (QED) is 0.475. The van der Waals surface area contributed by atoms with Crippen LogP contribution in [0.1, 0.15) is 20.8 Å². The SMILES string of the molecule is CC(C)(OS(C)(=O)=O)C(=O)O.COC(=O)[C@H](C)OS(C)(=O)=O. The molecule has 0 fully saturated rings. The molecule has 1 atom stereocenters. The Labute approximate surface area is 129 Å². The van der Waals surface area contributed by atoms with Gasteiger partial charge < -0.3 is 9.84 Å². The van der Waals surface area contributed by atoms with Crippen LogP contribution in [0.5, 0.6) is 0 Å². The lowest BCUT2D eigenvalue weighted by Crippen LogP contribution is -2.36. The molecule has 0 spiro atoms. The minimum atomic E-state index is -3.71. The number of hydrogen-bond donors (Lipinski definition) is 1. The molecule has 0 bridgehead atoms. The molecule has 0 saturated carbocycles. The zero-order valence-electron chi connectivity index (χ0n) is 13.0. The summed E-state index contributed by atoms with van der Waals surface area (Å²) in [5.41, 5.74) is -1.69. The van der Waals surface area contributed by atoms with Crippen molar-refractivity contribution >= 4 is 32.2 Å². The van der Waals surface area contributed by atoms with E-state index in [2.05, 4.69) is 13.1 Å². The van der Waals surface area contributed by atoms with E-state index < -0.39 is 43.9 Å². The fourth-order valence-electron chi connectivity index (χ4n) is 0.882. The highest BCUT2D eigenvalue weighted by atomic mass is 32.2. The summed E-state index contributed by atoms with van der Waals surface area (Å²) in [6, 6.07) is 0. The summed E-state index contributed by atoms with van der Waals surface area (Å²) in [6.45, 7) is 3.62. The molecule has 1 N–H and O–H groups in total. The molecule has 0 amide bonds. The van der Waals surface area contributed by atoms with Gasteiger partial charge in [-0.2, -0.15) is 16.8 Å². The Morgan fingerprint density at radius 2 is 1.45 bits per heavy atom. The number of rotatable bonds is 6. The van der Waals surface area contributed by atoms with Crippen LogP contribution in [0.3, 0.4) is 0 Å². The van der Waals surface area contributed by atoms with Crippen LogP contribution in [0.4, 0.5) is 0 Å². The summed E-state index contributed by atoms with van der Waals surface area (Å²) in [4.78, 5) is 20.9. The summed E-state index contributed by atoms with van der Waals surface area (Å²) in [6.07, 6.45) is 0.597. The molecule has 0 aromatic rings. The molecule has 0 radical (unpaired) electrons. The van der Waals surface area contributed by atoms with E-state index in [1.54, 1.807) is 0 Å². The Kier molecular flexibility index (Phi) is 8.80. The highest BCUT2D eigenvalue weighted by Crippen LogP contribution is 2.11. The maximum absolute atomic E-state index is 10.6. The first-order chi connectivity index (χ1) is 9.52. The van der Waals surface area contributed by atoms with Gasteiger partial charge in [0.05, 0.1) is 19.6 Å². The summed E-state index contributed by atoms with van der Waals surface area (Å²) in [7, 11) is -6.13. The summed E-state index contributed by atoms with van der Waals surface area (Å²) in [5, 5.41) is 8.42. The first kappa shape index (κ1) is 23.0. The molecule has 0 aromatic carbocycles. The van der Waals surface area contributed by atoms with Crippen LogP contribution in [0.15, 0.2) is 0 Å². The van der Waals surface area contributed by atoms with Gasteiger partial charge in [-0.25, -0.2) is 9.59 Å². The predicted octanol–water partition coefficient (Wildman–Crippen LogP) is -0.650. The average Bonchev–Trinajstić information content (AvgIpc) is 2.22. The molecule has 10 nitrogen and oxygen atoms in total. The Hall–Kier alpha value is -1.24. The van der Waals surface area contributed by atoms with Crippen molar-refractivity contribution in [2.45, 2.75) is 32.5 Å². The molecule has 22 heavy (non-hydrogen) atoms. The highest BCUT2D eigenvalue weighted by molar-refractivity contribution is 7.86. The fourth-order valence-corrected chi connectivity index (χ4v) is 2.31. The normalized spacial score (nSPS) is 13.5. The van der Waals surface area contributed by atoms with Crippen molar-refractivity contribution in [1.29, 1.82) is 0 Å². The molecule has 0 unspecified atom stereocenters. The Morgan fingerprint density at radius 1 is 1.05 bits per heavy atom. The van der Waals surface area contributed by atoms with E-state index in [4.69, 9.17) is 5.11 Å². The number of carbonyl (C=O) groups excluding carboxylic acids is 1. The molecule has 12 heteroatoms. The minimum Gasteiger partial charge on any atom is -0.479 e. The van der Waals surface area contributed by atoms with E-state index in [0.717, 1.165) is 33.5 Å². The Bertz CT molecular complexity index is 585. The number of aliphatic carboxylic acids is 1. The molecular weight excluding hydrogens is 344 g/mol. The average molecular weight is 364 g/mol. The highest BCUT2D eigenvalue weighted by Gasteiger charge is 2.32. The molecule has 0 aromatic heterocycles. The van der Waals surface area contributed by atoms with Gasteiger partial charge in [-0.15, -0.1) is 0 Å². The molecule has 132 valence electrons. The molecular formula is C10H20O10S2. The number of hydrogen-bond acceptors (Lipinski definition) is 9. The van der Waals surface area contributed by atoms with Gasteiger partial charge in [-0.3, -0.25) is 8.37 Å². The molecule has 0 aliphatic heterocycles. The first-order valence-electron chi connectivity index (χ1n) is 5.62. The van der Waals surface area contributed by atoms with E-state index in [0.29, 0.717) is 0 Å². The van der Waals surface area contributed by atoms with E-state index in [-0.39, 0.29) is 0 Å². The molecule has 0 heterocycles. The third-order valence-electron chi connectivity index (χ3n) is 1.73. The monoisotopic (exact) mass is 364 g/mol. The van der Waals surface area contributed by atoms with Gasteiger partial charge in [-0.1, -0.05) is 0 Å². The van der Waals surface area contributed by atoms with Gasteiger partial charge in [-0.05, 0) is 20.8 Å². The van der Waals surface area contributed by atoms with Gasteiger partial charge in [0.1, 0.15) is 0 Å². The lowest BCUT2D eigenvalue weighted by atomic mass is 10.1. The molecule has 0 aliphatic carbocycles. The van der Waals surface area contributed by atoms with Crippen LogP contribution in [0.25, 0.3) is 0 Å². The maximum atomic E-state index is 10.6. The van der Waals surface area contributed by atoms with Crippen molar-refractivity contribution in [2.75, 3.05) is 19.6 Å². The van der Waals surface area contributed by atoms with Gasteiger partial charge in [0, 0.05) is 0 Å². The Balaban J connectivity index is 0. The third-order valence-corrected chi connectivity index (χ3v) is 3.08. The molecule has 0 rings (SSSR count). The van der Waals surface area contributed by atoms with Crippen LogP contribution in [-0.2, 0) is 42.9 Å².